The minimum atomic E-state index is -1.14. The van der Waals surface area contributed by atoms with Crippen molar-refractivity contribution in [3.05, 3.63) is 47.2 Å². The summed E-state index contributed by atoms with van der Waals surface area (Å²) in [4.78, 5) is 40.5. The fourth-order valence-corrected chi connectivity index (χ4v) is 6.81. The van der Waals surface area contributed by atoms with Crippen LogP contribution in [0.25, 0.3) is 0 Å². The lowest BCUT2D eigenvalue weighted by atomic mass is 9.69. The van der Waals surface area contributed by atoms with Crippen LogP contribution in [0.2, 0.25) is 0 Å². The van der Waals surface area contributed by atoms with Crippen molar-refractivity contribution >= 4 is 23.3 Å². The van der Waals surface area contributed by atoms with Crippen molar-refractivity contribution in [1.29, 1.82) is 0 Å². The molecule has 2 amide bonds. The Hall–Kier alpha value is -3.07. The molecule has 1 aromatic heterocycles. The highest BCUT2D eigenvalue weighted by Gasteiger charge is 2.50. The standard InChI is InChI=1S/C29H39FN6O2/c1-18-33-22(17-25(34-18)35-15-13-19-11-12-21(30)16-24(19)35)23-10-7-14-36(23)27(37)26(20-8-5-4-6-9-20)29(2,32-3)28(31)38/h11-12,16-17,20,23,26,32H,4-10,13-15H2,1-3H3,(H2,31,38)/t23-,26+,29?/m0/s1. The molecule has 3 aliphatic rings. The Kier molecular flexibility index (Phi) is 7.40. The minimum Gasteiger partial charge on any atom is -0.368 e. The number of nitrogens with one attached hydrogen (secondary N) is 1. The Balaban J connectivity index is 1.48. The summed E-state index contributed by atoms with van der Waals surface area (Å²) in [5.74, 6) is 0.0916. The molecule has 2 aromatic rings. The number of amides is 2. The summed E-state index contributed by atoms with van der Waals surface area (Å²) >= 11 is 0. The van der Waals surface area contributed by atoms with Crippen LogP contribution >= 0.6 is 0 Å². The fourth-order valence-electron chi connectivity index (χ4n) is 6.81. The van der Waals surface area contributed by atoms with Gasteiger partial charge in [-0.05, 0) is 76.6 Å². The van der Waals surface area contributed by atoms with Gasteiger partial charge < -0.3 is 20.9 Å². The molecule has 1 saturated heterocycles. The molecule has 3 N–H and O–H groups in total. The zero-order valence-electron chi connectivity index (χ0n) is 22.7. The van der Waals surface area contributed by atoms with Crippen LogP contribution < -0.4 is 16.0 Å². The number of nitrogens with two attached hydrogens (primary N) is 1. The zero-order chi connectivity index (χ0) is 27.0. The van der Waals surface area contributed by atoms with Crippen LogP contribution in [-0.4, -0.2) is 52.4 Å². The van der Waals surface area contributed by atoms with E-state index in [2.05, 4.69) is 10.3 Å². The molecule has 8 nitrogen and oxygen atoms in total. The van der Waals surface area contributed by atoms with Crippen LogP contribution in [-0.2, 0) is 16.0 Å². The molecule has 38 heavy (non-hydrogen) atoms. The second-order valence-electron chi connectivity index (χ2n) is 11.3. The number of anilines is 2. The predicted molar refractivity (Wildman–Crippen MR) is 144 cm³/mol. The quantitative estimate of drug-likeness (QED) is 0.571. The summed E-state index contributed by atoms with van der Waals surface area (Å²) in [6.07, 6.45) is 7.58. The molecule has 1 aliphatic carbocycles. The van der Waals surface area contributed by atoms with Crippen LogP contribution in [0.15, 0.2) is 24.3 Å². The first kappa shape index (κ1) is 26.5. The van der Waals surface area contributed by atoms with E-state index in [0.717, 1.165) is 74.1 Å². The first-order valence-electron chi connectivity index (χ1n) is 13.9. The second-order valence-corrected chi connectivity index (χ2v) is 11.3. The molecule has 5 rings (SSSR count). The average molecular weight is 523 g/mol. The van der Waals surface area contributed by atoms with Crippen LogP contribution in [0.5, 0.6) is 0 Å². The normalized spacial score (nSPS) is 22.3. The number of benzene rings is 1. The van der Waals surface area contributed by atoms with Gasteiger partial charge in [0.1, 0.15) is 23.0 Å². The van der Waals surface area contributed by atoms with Gasteiger partial charge in [0.2, 0.25) is 11.8 Å². The van der Waals surface area contributed by atoms with Gasteiger partial charge in [-0.1, -0.05) is 25.3 Å². The summed E-state index contributed by atoms with van der Waals surface area (Å²) in [6.45, 7) is 4.95. The molecule has 9 heteroatoms. The van der Waals surface area contributed by atoms with E-state index in [1.807, 2.05) is 28.9 Å². The van der Waals surface area contributed by atoms with Crippen LogP contribution in [0, 0.1) is 24.6 Å². The Morgan fingerprint density at radius 2 is 1.87 bits per heavy atom. The third kappa shape index (κ3) is 4.77. The summed E-state index contributed by atoms with van der Waals surface area (Å²) < 4.78 is 14.1. The van der Waals surface area contributed by atoms with Gasteiger partial charge >= 0.3 is 0 Å². The second kappa shape index (κ2) is 10.6. The smallest absolute Gasteiger partial charge is 0.238 e. The van der Waals surface area contributed by atoms with Gasteiger partial charge in [-0.2, -0.15) is 0 Å². The molecular weight excluding hydrogens is 483 g/mol. The molecule has 2 aliphatic heterocycles. The van der Waals surface area contributed by atoms with Gasteiger partial charge in [-0.3, -0.25) is 9.59 Å². The Labute approximate surface area is 224 Å². The molecule has 0 radical (unpaired) electrons. The largest absolute Gasteiger partial charge is 0.368 e. The van der Waals surface area contributed by atoms with Crippen molar-refractivity contribution in [2.45, 2.75) is 76.8 Å². The maximum Gasteiger partial charge on any atom is 0.238 e. The van der Waals surface area contributed by atoms with Crippen molar-refractivity contribution in [2.75, 3.05) is 25.0 Å². The number of aryl methyl sites for hydroxylation is 1. The predicted octanol–water partition coefficient (Wildman–Crippen LogP) is 3.94. The SMILES string of the molecule is CNC(C)(C(N)=O)[C@@H](C(=O)N1CCC[C@H]1c1cc(N2CCc3ccc(F)cc32)nc(C)n1)C1CCCCC1. The van der Waals surface area contributed by atoms with E-state index in [9.17, 15) is 14.0 Å². The van der Waals surface area contributed by atoms with Crippen molar-refractivity contribution in [3.8, 4) is 0 Å². The van der Waals surface area contributed by atoms with Crippen LogP contribution in [0.3, 0.4) is 0 Å². The van der Waals surface area contributed by atoms with Gasteiger partial charge in [0.25, 0.3) is 0 Å². The zero-order valence-corrected chi connectivity index (χ0v) is 22.7. The highest BCUT2D eigenvalue weighted by atomic mass is 19.1. The average Bonchev–Trinajstić information content (AvgIpc) is 3.56. The molecule has 1 unspecified atom stereocenters. The molecule has 1 aromatic carbocycles. The summed E-state index contributed by atoms with van der Waals surface area (Å²) in [5.41, 5.74) is 7.48. The van der Waals surface area contributed by atoms with E-state index in [0.29, 0.717) is 18.9 Å². The van der Waals surface area contributed by atoms with Crippen LogP contribution in [0.1, 0.15) is 75.0 Å². The number of likely N-dealkylation sites (N-methyl/N-ethyl adjacent to an activating group) is 1. The lowest BCUT2D eigenvalue weighted by Crippen LogP contribution is -2.63. The van der Waals surface area contributed by atoms with E-state index in [1.165, 1.54) is 6.07 Å². The molecule has 1 saturated carbocycles. The van der Waals surface area contributed by atoms with Crippen molar-refractivity contribution in [2.24, 2.45) is 17.6 Å². The number of primary amides is 1. The Bertz CT molecular complexity index is 1220. The first-order valence-corrected chi connectivity index (χ1v) is 13.9. The highest BCUT2D eigenvalue weighted by molar-refractivity contribution is 5.93. The number of carbonyl (C=O) groups excluding carboxylic acids is 2. The third-order valence-electron chi connectivity index (χ3n) is 8.98. The van der Waals surface area contributed by atoms with Gasteiger partial charge in [0, 0.05) is 24.8 Å². The maximum atomic E-state index is 14.3. The van der Waals surface area contributed by atoms with Gasteiger partial charge in [-0.25, -0.2) is 14.4 Å². The molecular formula is C29H39FN6O2. The van der Waals surface area contributed by atoms with Gasteiger partial charge in [0.15, 0.2) is 0 Å². The van der Waals surface area contributed by atoms with Crippen molar-refractivity contribution < 1.29 is 14.0 Å². The summed E-state index contributed by atoms with van der Waals surface area (Å²) in [5, 5.41) is 3.12. The van der Waals surface area contributed by atoms with Crippen LogP contribution in [0.4, 0.5) is 15.9 Å². The topological polar surface area (TPSA) is 104 Å². The first-order chi connectivity index (χ1) is 18.2. The van der Waals surface area contributed by atoms with Gasteiger partial charge in [0.05, 0.1) is 17.7 Å². The maximum absolute atomic E-state index is 14.3. The van der Waals surface area contributed by atoms with Gasteiger partial charge in [-0.15, -0.1) is 0 Å². The van der Waals surface area contributed by atoms with E-state index in [4.69, 9.17) is 10.7 Å². The number of carbonyl (C=O) groups is 2. The van der Waals surface area contributed by atoms with E-state index < -0.39 is 17.4 Å². The Morgan fingerprint density at radius 1 is 1.11 bits per heavy atom. The lowest BCUT2D eigenvalue weighted by molar-refractivity contribution is -0.147. The van der Waals surface area contributed by atoms with E-state index in [1.54, 1.807) is 20.0 Å². The lowest BCUT2D eigenvalue weighted by Gasteiger charge is -2.42. The molecule has 2 fully saturated rings. The molecule has 0 bridgehead atoms. The molecule has 3 atom stereocenters. The number of fused-ring (bicyclic) bond motifs is 1. The number of hydrogen-bond acceptors (Lipinski definition) is 6. The fraction of sp³-hybridized carbons (Fsp3) is 0.586. The summed E-state index contributed by atoms with van der Waals surface area (Å²) in [7, 11) is 1.71. The van der Waals surface area contributed by atoms with E-state index >= 15 is 0 Å². The van der Waals surface area contributed by atoms with E-state index in [-0.39, 0.29) is 23.7 Å². The number of rotatable bonds is 7. The monoisotopic (exact) mass is 522 g/mol. The van der Waals surface area contributed by atoms with Crippen molar-refractivity contribution in [3.63, 3.8) is 0 Å². The molecule has 204 valence electrons. The third-order valence-corrected chi connectivity index (χ3v) is 8.98. The molecule has 0 spiro atoms. The highest BCUT2D eigenvalue weighted by Crippen LogP contribution is 2.42. The number of aromatic nitrogens is 2. The number of hydrogen-bond donors (Lipinski definition) is 2. The number of halogens is 1. The minimum absolute atomic E-state index is 0.0264. The number of likely N-dealkylation sites (tertiary alicyclic amines) is 1. The Morgan fingerprint density at radius 3 is 2.58 bits per heavy atom. The number of nitrogens with zero attached hydrogens (tertiary/aromatic N) is 4. The summed E-state index contributed by atoms with van der Waals surface area (Å²) in [6, 6.07) is 6.62. The van der Waals surface area contributed by atoms with Crippen molar-refractivity contribution in [1.82, 2.24) is 20.2 Å². The molecule has 3 heterocycles.